The van der Waals surface area contributed by atoms with E-state index in [1.165, 1.54) is 6.21 Å². The van der Waals surface area contributed by atoms with E-state index in [-0.39, 0.29) is 6.54 Å². The third-order valence-corrected chi connectivity index (χ3v) is 5.30. The van der Waals surface area contributed by atoms with E-state index in [0.29, 0.717) is 5.69 Å². The maximum atomic E-state index is 12.1. The first-order chi connectivity index (χ1) is 13.3. The molecule has 0 radical (unpaired) electrons. The van der Waals surface area contributed by atoms with E-state index in [0.717, 1.165) is 34.9 Å². The third-order valence-electron chi connectivity index (χ3n) is 4.16. The van der Waals surface area contributed by atoms with Crippen LogP contribution in [-0.2, 0) is 14.8 Å². The fourth-order valence-corrected chi connectivity index (χ4v) is 3.56. The number of nitrogens with zero attached hydrogens (tertiary/aromatic N) is 3. The van der Waals surface area contributed by atoms with Gasteiger partial charge >= 0.3 is 0 Å². The highest BCUT2D eigenvalue weighted by Gasteiger charge is 2.20. The van der Waals surface area contributed by atoms with Gasteiger partial charge in [-0.05, 0) is 43.7 Å². The Hall–Kier alpha value is -2.87. The molecule has 0 spiro atoms. The number of carbonyl (C=O) groups excluding carboxylic acids is 1. The minimum Gasteiger partial charge on any atom is -0.372 e. The molecule has 0 aliphatic heterocycles. The summed E-state index contributed by atoms with van der Waals surface area (Å²) < 4.78 is 25.0. The Morgan fingerprint density at radius 3 is 2.14 bits per heavy atom. The maximum absolute atomic E-state index is 12.1. The largest absolute Gasteiger partial charge is 0.372 e. The second-order valence-electron chi connectivity index (χ2n) is 6.16. The van der Waals surface area contributed by atoms with Crippen molar-refractivity contribution in [3.63, 3.8) is 0 Å². The molecule has 2 rings (SSSR count). The van der Waals surface area contributed by atoms with Crippen molar-refractivity contribution >= 4 is 33.5 Å². The Labute approximate surface area is 166 Å². The number of para-hydroxylation sites is 1. The highest BCUT2D eigenvalue weighted by Crippen LogP contribution is 2.16. The van der Waals surface area contributed by atoms with Crippen LogP contribution in [0, 0.1) is 0 Å². The van der Waals surface area contributed by atoms with Crippen LogP contribution in [0.25, 0.3) is 0 Å². The standard InChI is InChI=1S/C20H26N4O3S/c1-4-23(5-2)18-13-11-17(12-14-18)15-21-22-20(25)16-24(28(3,26)27)19-9-7-6-8-10-19/h6-15H,4-5,16H2,1-3H3,(H,22,25)/b21-15-. The monoisotopic (exact) mass is 402 g/mol. The summed E-state index contributed by atoms with van der Waals surface area (Å²) in [7, 11) is -3.59. The molecular formula is C20H26N4O3S. The van der Waals surface area contributed by atoms with Crippen LogP contribution in [0.5, 0.6) is 0 Å². The fourth-order valence-electron chi connectivity index (χ4n) is 2.70. The van der Waals surface area contributed by atoms with Gasteiger partial charge in [-0.2, -0.15) is 5.10 Å². The van der Waals surface area contributed by atoms with Crippen molar-refractivity contribution in [2.45, 2.75) is 13.8 Å². The lowest BCUT2D eigenvalue weighted by molar-refractivity contribution is -0.119. The van der Waals surface area contributed by atoms with Gasteiger partial charge in [-0.25, -0.2) is 13.8 Å². The molecule has 0 unspecified atom stereocenters. The second kappa shape index (κ2) is 9.89. The van der Waals surface area contributed by atoms with Crippen LogP contribution in [0.3, 0.4) is 0 Å². The number of amides is 1. The van der Waals surface area contributed by atoms with E-state index in [4.69, 9.17) is 0 Å². The summed E-state index contributed by atoms with van der Waals surface area (Å²) in [4.78, 5) is 14.4. The zero-order valence-corrected chi connectivity index (χ0v) is 17.2. The fraction of sp³-hybridized carbons (Fsp3) is 0.300. The Kier molecular flexibility index (Phi) is 7.57. The zero-order chi connectivity index (χ0) is 20.6. The highest BCUT2D eigenvalue weighted by molar-refractivity contribution is 7.92. The SMILES string of the molecule is CCN(CC)c1ccc(/C=N\NC(=O)CN(c2ccccc2)S(C)(=O)=O)cc1. The second-order valence-corrected chi connectivity index (χ2v) is 8.07. The molecule has 2 aromatic rings. The molecule has 0 aromatic heterocycles. The molecule has 28 heavy (non-hydrogen) atoms. The van der Waals surface area contributed by atoms with Gasteiger partial charge in [-0.1, -0.05) is 30.3 Å². The molecule has 0 atom stereocenters. The molecular weight excluding hydrogens is 376 g/mol. The molecule has 7 nitrogen and oxygen atoms in total. The predicted molar refractivity (Wildman–Crippen MR) is 114 cm³/mol. The van der Waals surface area contributed by atoms with Crippen LogP contribution in [0.4, 0.5) is 11.4 Å². The minimum absolute atomic E-state index is 0.346. The van der Waals surface area contributed by atoms with E-state index in [1.807, 2.05) is 24.3 Å². The van der Waals surface area contributed by atoms with Crippen LogP contribution in [-0.4, -0.2) is 46.4 Å². The summed E-state index contributed by atoms with van der Waals surface area (Å²) in [5.41, 5.74) is 4.76. The number of hydrogen-bond donors (Lipinski definition) is 1. The number of sulfonamides is 1. The zero-order valence-electron chi connectivity index (χ0n) is 16.4. The van der Waals surface area contributed by atoms with Crippen molar-refractivity contribution in [1.29, 1.82) is 0 Å². The van der Waals surface area contributed by atoms with E-state index in [1.54, 1.807) is 30.3 Å². The Morgan fingerprint density at radius 2 is 1.61 bits per heavy atom. The topological polar surface area (TPSA) is 82.1 Å². The smallest absolute Gasteiger partial charge is 0.260 e. The summed E-state index contributed by atoms with van der Waals surface area (Å²) in [6, 6.07) is 16.3. The van der Waals surface area contributed by atoms with Crippen LogP contribution >= 0.6 is 0 Å². The number of rotatable bonds is 9. The summed E-state index contributed by atoms with van der Waals surface area (Å²) in [6.45, 7) is 5.71. The lowest BCUT2D eigenvalue weighted by Crippen LogP contribution is -2.38. The quantitative estimate of drug-likeness (QED) is 0.516. The van der Waals surface area contributed by atoms with Gasteiger partial charge in [0.15, 0.2) is 0 Å². The molecule has 0 aliphatic carbocycles. The van der Waals surface area contributed by atoms with Crippen LogP contribution < -0.4 is 14.6 Å². The van der Waals surface area contributed by atoms with Crippen molar-refractivity contribution in [3.05, 3.63) is 60.2 Å². The van der Waals surface area contributed by atoms with Crippen molar-refractivity contribution in [1.82, 2.24) is 5.43 Å². The first-order valence-electron chi connectivity index (χ1n) is 9.04. The van der Waals surface area contributed by atoms with E-state index in [9.17, 15) is 13.2 Å². The molecule has 0 saturated heterocycles. The van der Waals surface area contributed by atoms with Gasteiger partial charge in [0.05, 0.1) is 18.2 Å². The summed E-state index contributed by atoms with van der Waals surface area (Å²) in [5.74, 6) is -0.523. The van der Waals surface area contributed by atoms with Gasteiger partial charge in [0, 0.05) is 18.8 Å². The van der Waals surface area contributed by atoms with Crippen molar-refractivity contribution in [2.75, 3.05) is 35.1 Å². The average Bonchev–Trinajstić information content (AvgIpc) is 2.68. The molecule has 0 bridgehead atoms. The number of anilines is 2. The van der Waals surface area contributed by atoms with Gasteiger partial charge < -0.3 is 4.90 Å². The molecule has 8 heteroatoms. The Morgan fingerprint density at radius 1 is 1.00 bits per heavy atom. The molecule has 0 heterocycles. The van der Waals surface area contributed by atoms with Crippen molar-refractivity contribution in [3.8, 4) is 0 Å². The third kappa shape index (κ3) is 6.09. The van der Waals surface area contributed by atoms with Gasteiger partial charge in [0.1, 0.15) is 6.54 Å². The molecule has 1 amide bonds. The number of hydrogen-bond acceptors (Lipinski definition) is 5. The van der Waals surface area contributed by atoms with E-state index < -0.39 is 15.9 Å². The molecule has 2 aromatic carbocycles. The van der Waals surface area contributed by atoms with Crippen LogP contribution in [0.1, 0.15) is 19.4 Å². The Balaban J connectivity index is 1.99. The highest BCUT2D eigenvalue weighted by atomic mass is 32.2. The van der Waals surface area contributed by atoms with Gasteiger partial charge in [-0.15, -0.1) is 0 Å². The molecule has 0 saturated carbocycles. The predicted octanol–water partition coefficient (Wildman–Crippen LogP) is 2.45. The van der Waals surface area contributed by atoms with Gasteiger partial charge in [0.25, 0.3) is 5.91 Å². The number of carbonyl (C=O) groups is 1. The molecule has 1 N–H and O–H groups in total. The van der Waals surface area contributed by atoms with Crippen LogP contribution in [0.2, 0.25) is 0 Å². The van der Waals surface area contributed by atoms with Gasteiger partial charge in [-0.3, -0.25) is 9.10 Å². The molecule has 150 valence electrons. The Bertz CT molecular complexity index is 893. The summed E-state index contributed by atoms with van der Waals surface area (Å²) in [6.07, 6.45) is 2.59. The van der Waals surface area contributed by atoms with E-state index >= 15 is 0 Å². The normalized spacial score (nSPS) is 11.4. The average molecular weight is 403 g/mol. The lowest BCUT2D eigenvalue weighted by atomic mass is 10.2. The first kappa shape index (κ1) is 21.4. The van der Waals surface area contributed by atoms with Gasteiger partial charge in [0.2, 0.25) is 10.0 Å². The van der Waals surface area contributed by atoms with Crippen LogP contribution in [0.15, 0.2) is 59.7 Å². The first-order valence-corrected chi connectivity index (χ1v) is 10.9. The number of nitrogens with one attached hydrogen (secondary N) is 1. The lowest BCUT2D eigenvalue weighted by Gasteiger charge is -2.21. The summed E-state index contributed by atoms with van der Waals surface area (Å²) >= 11 is 0. The van der Waals surface area contributed by atoms with Crippen molar-refractivity contribution in [2.24, 2.45) is 5.10 Å². The maximum Gasteiger partial charge on any atom is 0.260 e. The molecule has 0 aliphatic rings. The van der Waals surface area contributed by atoms with Crippen molar-refractivity contribution < 1.29 is 13.2 Å². The van der Waals surface area contributed by atoms with E-state index in [2.05, 4.69) is 29.3 Å². The number of hydrazone groups is 1. The molecule has 0 fully saturated rings. The number of benzene rings is 2. The minimum atomic E-state index is -3.59. The summed E-state index contributed by atoms with van der Waals surface area (Å²) in [5, 5.41) is 3.93.